The Morgan fingerprint density at radius 1 is 1.14 bits per heavy atom. The van der Waals surface area contributed by atoms with E-state index in [1.165, 1.54) is 6.42 Å². The molecule has 118 valence electrons. The van der Waals surface area contributed by atoms with Crippen molar-refractivity contribution in [1.82, 2.24) is 10.0 Å². The van der Waals surface area contributed by atoms with Gasteiger partial charge in [0.1, 0.15) is 0 Å². The smallest absolute Gasteiger partial charge is 0.240 e. The number of anilines is 1. The Morgan fingerprint density at radius 2 is 1.86 bits per heavy atom. The Kier molecular flexibility index (Phi) is 5.61. The van der Waals surface area contributed by atoms with Crippen LogP contribution >= 0.6 is 0 Å². The highest BCUT2D eigenvalue weighted by Gasteiger charge is 2.16. The standard InChI is InChI=1S/C15H25N3O2S/c1-12(2)18-21(19,20)15-7-5-14(6-8-15)17-13-4-3-10-16-11-9-13/h5-8,12-13,16-18H,3-4,9-11H2,1-2H3. The molecule has 1 aliphatic heterocycles. The van der Waals surface area contributed by atoms with Gasteiger partial charge in [-0.3, -0.25) is 0 Å². The maximum absolute atomic E-state index is 12.0. The van der Waals surface area contributed by atoms with Crippen LogP contribution in [-0.4, -0.2) is 33.6 Å². The number of rotatable bonds is 5. The summed E-state index contributed by atoms with van der Waals surface area (Å²) in [5.41, 5.74) is 0.977. The summed E-state index contributed by atoms with van der Waals surface area (Å²) >= 11 is 0. The molecule has 0 amide bonds. The molecule has 1 aliphatic rings. The molecule has 1 saturated heterocycles. The largest absolute Gasteiger partial charge is 0.382 e. The van der Waals surface area contributed by atoms with Gasteiger partial charge in [0.05, 0.1) is 4.90 Å². The second-order valence-electron chi connectivity index (χ2n) is 5.82. The summed E-state index contributed by atoms with van der Waals surface area (Å²) in [5, 5.41) is 6.87. The van der Waals surface area contributed by atoms with Gasteiger partial charge in [0.2, 0.25) is 10.0 Å². The van der Waals surface area contributed by atoms with Crippen LogP contribution in [0.15, 0.2) is 29.2 Å². The normalized spacial score (nSPS) is 20.2. The molecule has 5 nitrogen and oxygen atoms in total. The monoisotopic (exact) mass is 311 g/mol. The Labute approximate surface area is 127 Å². The molecule has 1 heterocycles. The maximum Gasteiger partial charge on any atom is 0.240 e. The third-order valence-corrected chi connectivity index (χ3v) is 5.18. The highest BCUT2D eigenvalue weighted by molar-refractivity contribution is 7.89. The summed E-state index contributed by atoms with van der Waals surface area (Å²) in [6.45, 7) is 5.74. The quantitative estimate of drug-likeness (QED) is 0.777. The number of nitrogens with one attached hydrogen (secondary N) is 3. The van der Waals surface area contributed by atoms with Crippen LogP contribution in [0.3, 0.4) is 0 Å². The van der Waals surface area contributed by atoms with E-state index in [2.05, 4.69) is 15.4 Å². The van der Waals surface area contributed by atoms with Crippen LogP contribution in [0.25, 0.3) is 0 Å². The lowest BCUT2D eigenvalue weighted by Gasteiger charge is -2.17. The van der Waals surface area contributed by atoms with Crippen LogP contribution in [0.4, 0.5) is 5.69 Å². The number of sulfonamides is 1. The zero-order chi connectivity index (χ0) is 15.3. The zero-order valence-corrected chi connectivity index (χ0v) is 13.5. The van der Waals surface area contributed by atoms with Crippen LogP contribution < -0.4 is 15.4 Å². The van der Waals surface area contributed by atoms with Crippen molar-refractivity contribution >= 4 is 15.7 Å². The fourth-order valence-corrected chi connectivity index (χ4v) is 3.76. The highest BCUT2D eigenvalue weighted by atomic mass is 32.2. The van der Waals surface area contributed by atoms with Gasteiger partial charge in [-0.1, -0.05) is 0 Å². The predicted molar refractivity (Wildman–Crippen MR) is 86.0 cm³/mol. The maximum atomic E-state index is 12.0. The fourth-order valence-electron chi connectivity index (χ4n) is 2.51. The molecule has 0 aromatic heterocycles. The molecule has 1 fully saturated rings. The van der Waals surface area contributed by atoms with E-state index >= 15 is 0 Å². The molecule has 0 bridgehead atoms. The van der Waals surface area contributed by atoms with Crippen molar-refractivity contribution in [3.8, 4) is 0 Å². The number of benzene rings is 1. The van der Waals surface area contributed by atoms with Crippen LogP contribution in [0.5, 0.6) is 0 Å². The topological polar surface area (TPSA) is 70.2 Å². The van der Waals surface area contributed by atoms with Gasteiger partial charge in [-0.05, 0) is 70.5 Å². The molecule has 2 rings (SSSR count). The predicted octanol–water partition coefficient (Wildman–Crippen LogP) is 1.93. The van der Waals surface area contributed by atoms with E-state index in [4.69, 9.17) is 0 Å². The minimum Gasteiger partial charge on any atom is -0.382 e. The summed E-state index contributed by atoms with van der Waals surface area (Å²) in [7, 11) is -3.40. The molecule has 3 N–H and O–H groups in total. The van der Waals surface area contributed by atoms with E-state index in [0.29, 0.717) is 10.9 Å². The van der Waals surface area contributed by atoms with E-state index in [1.807, 2.05) is 26.0 Å². The van der Waals surface area contributed by atoms with Gasteiger partial charge in [0, 0.05) is 17.8 Å². The van der Waals surface area contributed by atoms with Crippen molar-refractivity contribution in [2.75, 3.05) is 18.4 Å². The molecule has 0 spiro atoms. The van der Waals surface area contributed by atoms with Crippen molar-refractivity contribution in [3.63, 3.8) is 0 Å². The Morgan fingerprint density at radius 3 is 2.52 bits per heavy atom. The first kappa shape index (κ1) is 16.3. The summed E-state index contributed by atoms with van der Waals surface area (Å²) in [5.74, 6) is 0. The van der Waals surface area contributed by atoms with Gasteiger partial charge in [-0.2, -0.15) is 0 Å². The highest BCUT2D eigenvalue weighted by Crippen LogP contribution is 2.17. The molecule has 0 aliphatic carbocycles. The summed E-state index contributed by atoms with van der Waals surface area (Å²) < 4.78 is 26.7. The molecular weight excluding hydrogens is 286 g/mol. The van der Waals surface area contributed by atoms with E-state index in [0.717, 1.165) is 31.6 Å². The zero-order valence-electron chi connectivity index (χ0n) is 12.7. The van der Waals surface area contributed by atoms with E-state index < -0.39 is 10.0 Å². The third kappa shape index (κ3) is 4.98. The number of hydrogen-bond acceptors (Lipinski definition) is 4. The minimum atomic E-state index is -3.40. The average Bonchev–Trinajstić information content (AvgIpc) is 2.66. The van der Waals surface area contributed by atoms with E-state index in [-0.39, 0.29) is 6.04 Å². The van der Waals surface area contributed by atoms with E-state index in [1.54, 1.807) is 12.1 Å². The fraction of sp³-hybridized carbons (Fsp3) is 0.600. The molecule has 1 atom stereocenters. The molecule has 21 heavy (non-hydrogen) atoms. The van der Waals surface area contributed by atoms with Gasteiger partial charge in [-0.25, -0.2) is 13.1 Å². The minimum absolute atomic E-state index is 0.105. The lowest BCUT2D eigenvalue weighted by molar-refractivity contribution is 0.570. The van der Waals surface area contributed by atoms with Crippen molar-refractivity contribution < 1.29 is 8.42 Å². The van der Waals surface area contributed by atoms with Gasteiger partial charge in [0.25, 0.3) is 0 Å². The lowest BCUT2D eigenvalue weighted by atomic mass is 10.1. The Hall–Kier alpha value is -1.11. The van der Waals surface area contributed by atoms with Crippen molar-refractivity contribution in [2.24, 2.45) is 0 Å². The molecule has 6 heteroatoms. The van der Waals surface area contributed by atoms with Gasteiger partial charge in [0.15, 0.2) is 0 Å². The molecular formula is C15H25N3O2S. The first-order valence-corrected chi connectivity index (χ1v) is 9.05. The van der Waals surface area contributed by atoms with Crippen molar-refractivity contribution in [3.05, 3.63) is 24.3 Å². The molecule has 1 aromatic carbocycles. The first-order chi connectivity index (χ1) is 9.97. The van der Waals surface area contributed by atoms with Crippen LogP contribution in [0.2, 0.25) is 0 Å². The second kappa shape index (κ2) is 7.24. The third-order valence-electron chi connectivity index (χ3n) is 3.50. The van der Waals surface area contributed by atoms with Gasteiger partial charge in [-0.15, -0.1) is 0 Å². The van der Waals surface area contributed by atoms with Crippen LogP contribution in [0, 0.1) is 0 Å². The molecule has 0 saturated carbocycles. The first-order valence-electron chi connectivity index (χ1n) is 7.57. The van der Waals surface area contributed by atoms with Crippen LogP contribution in [0.1, 0.15) is 33.1 Å². The van der Waals surface area contributed by atoms with Crippen molar-refractivity contribution in [2.45, 2.75) is 50.1 Å². The van der Waals surface area contributed by atoms with Gasteiger partial charge < -0.3 is 10.6 Å². The second-order valence-corrected chi connectivity index (χ2v) is 7.54. The average molecular weight is 311 g/mol. The Balaban J connectivity index is 2.01. The van der Waals surface area contributed by atoms with E-state index in [9.17, 15) is 8.42 Å². The van der Waals surface area contributed by atoms with Gasteiger partial charge >= 0.3 is 0 Å². The lowest BCUT2D eigenvalue weighted by Crippen LogP contribution is -2.30. The summed E-state index contributed by atoms with van der Waals surface area (Å²) in [6, 6.07) is 7.34. The summed E-state index contributed by atoms with van der Waals surface area (Å²) in [6.07, 6.45) is 3.40. The Bertz CT molecular complexity index is 533. The SMILES string of the molecule is CC(C)NS(=O)(=O)c1ccc(NC2CCCNCC2)cc1. The van der Waals surface area contributed by atoms with Crippen LogP contribution in [-0.2, 0) is 10.0 Å². The van der Waals surface area contributed by atoms with Crippen molar-refractivity contribution in [1.29, 1.82) is 0 Å². The molecule has 0 radical (unpaired) electrons. The summed E-state index contributed by atoms with van der Waals surface area (Å²) in [4.78, 5) is 0.310. The number of hydrogen-bond donors (Lipinski definition) is 3. The molecule has 1 aromatic rings. The molecule has 1 unspecified atom stereocenters.